The number of benzene rings is 1. The number of hydrogen-bond donors (Lipinski definition) is 0. The lowest BCUT2D eigenvalue weighted by Gasteiger charge is -2.28. The second kappa shape index (κ2) is 7.59. The molecule has 1 aliphatic rings. The maximum atomic E-state index is 11.2. The highest BCUT2D eigenvalue weighted by atomic mass is 16.5. The van der Waals surface area contributed by atoms with Crippen LogP contribution in [0.5, 0.6) is 5.75 Å². The molecule has 1 aromatic carbocycles. The van der Waals surface area contributed by atoms with Gasteiger partial charge in [-0.05, 0) is 49.3 Å². The van der Waals surface area contributed by atoms with E-state index in [1.54, 1.807) is 12.1 Å². The molecule has 0 atom stereocenters. The molecule has 4 nitrogen and oxygen atoms in total. The fourth-order valence-electron chi connectivity index (χ4n) is 2.69. The van der Waals surface area contributed by atoms with Gasteiger partial charge in [-0.3, -0.25) is 0 Å². The Kier molecular flexibility index (Phi) is 5.53. The topological polar surface area (TPSA) is 52.6 Å². The first-order valence-corrected chi connectivity index (χ1v) is 7.39. The number of carbonyl (C=O) groups is 2. The molecule has 1 saturated carbocycles. The summed E-state index contributed by atoms with van der Waals surface area (Å²) in [6, 6.07) is 7.54. The van der Waals surface area contributed by atoms with Crippen molar-refractivity contribution in [3.63, 3.8) is 0 Å². The van der Waals surface area contributed by atoms with Gasteiger partial charge in [-0.1, -0.05) is 25.3 Å². The molecule has 0 aliphatic heterocycles. The molecular formula is C18H20O4. The van der Waals surface area contributed by atoms with Crippen LogP contribution in [0.25, 0.3) is 0 Å². The van der Waals surface area contributed by atoms with Crippen LogP contribution < -0.4 is 4.74 Å². The van der Waals surface area contributed by atoms with Crippen molar-refractivity contribution in [3.05, 3.63) is 55.1 Å². The summed E-state index contributed by atoms with van der Waals surface area (Å²) in [5.41, 5.74) is 1.21. The molecule has 0 unspecified atom stereocenters. The van der Waals surface area contributed by atoms with Gasteiger partial charge in [-0.2, -0.15) is 0 Å². The first-order valence-electron chi connectivity index (χ1n) is 7.39. The molecule has 1 aliphatic carbocycles. The fraction of sp³-hybridized carbons (Fsp3) is 0.333. The Labute approximate surface area is 130 Å². The first kappa shape index (κ1) is 16.0. The van der Waals surface area contributed by atoms with Crippen LogP contribution >= 0.6 is 0 Å². The fourth-order valence-corrected chi connectivity index (χ4v) is 2.69. The van der Waals surface area contributed by atoms with E-state index in [2.05, 4.69) is 13.2 Å². The van der Waals surface area contributed by atoms with Crippen LogP contribution in [-0.4, -0.2) is 18.0 Å². The summed E-state index contributed by atoms with van der Waals surface area (Å²) in [5.74, 6) is 0.152. The number of esters is 2. The Morgan fingerprint density at radius 1 is 0.955 bits per heavy atom. The van der Waals surface area contributed by atoms with Gasteiger partial charge in [-0.15, -0.1) is 0 Å². The normalized spacial score (nSPS) is 20.7. The van der Waals surface area contributed by atoms with Crippen LogP contribution in [0.15, 0.2) is 49.6 Å². The Balaban J connectivity index is 1.88. The quantitative estimate of drug-likeness (QED) is 0.474. The van der Waals surface area contributed by atoms with Gasteiger partial charge in [0, 0.05) is 12.2 Å². The van der Waals surface area contributed by atoms with Gasteiger partial charge in [-0.25, -0.2) is 9.59 Å². The predicted molar refractivity (Wildman–Crippen MR) is 83.6 cm³/mol. The number of hydrogen-bond acceptors (Lipinski definition) is 4. The summed E-state index contributed by atoms with van der Waals surface area (Å²) in [6.07, 6.45) is 6.00. The van der Waals surface area contributed by atoms with Crippen molar-refractivity contribution >= 4 is 11.9 Å². The zero-order valence-electron chi connectivity index (χ0n) is 12.5. The van der Waals surface area contributed by atoms with Crippen molar-refractivity contribution < 1.29 is 19.1 Å². The average Bonchev–Trinajstić information content (AvgIpc) is 2.56. The Hall–Kier alpha value is -2.36. The summed E-state index contributed by atoms with van der Waals surface area (Å²) in [4.78, 5) is 22.3. The SMILES string of the molecule is C=CC(=O)Oc1ccc(C2CCC(OC(=O)C=C)CC2)cc1. The second-order valence-corrected chi connectivity index (χ2v) is 5.31. The zero-order chi connectivity index (χ0) is 15.9. The number of rotatable bonds is 5. The maximum absolute atomic E-state index is 11.2. The second-order valence-electron chi connectivity index (χ2n) is 5.31. The lowest BCUT2D eigenvalue weighted by molar-refractivity contribution is -0.144. The smallest absolute Gasteiger partial charge is 0.335 e. The average molecular weight is 300 g/mol. The highest BCUT2D eigenvalue weighted by Crippen LogP contribution is 2.34. The minimum Gasteiger partial charge on any atom is -0.459 e. The van der Waals surface area contributed by atoms with Gasteiger partial charge in [0.1, 0.15) is 11.9 Å². The molecule has 1 aromatic rings. The number of carbonyl (C=O) groups excluding carboxylic acids is 2. The Morgan fingerprint density at radius 2 is 1.55 bits per heavy atom. The maximum Gasteiger partial charge on any atom is 0.335 e. The Bertz CT molecular complexity index is 551. The molecule has 116 valence electrons. The van der Waals surface area contributed by atoms with Crippen LogP contribution in [-0.2, 0) is 14.3 Å². The summed E-state index contributed by atoms with van der Waals surface area (Å²) in [6.45, 7) is 6.77. The summed E-state index contributed by atoms with van der Waals surface area (Å²) >= 11 is 0. The molecule has 0 spiro atoms. The molecule has 0 bridgehead atoms. The summed E-state index contributed by atoms with van der Waals surface area (Å²) in [7, 11) is 0. The molecule has 0 aromatic heterocycles. The van der Waals surface area contributed by atoms with E-state index in [0.717, 1.165) is 31.8 Å². The van der Waals surface area contributed by atoms with E-state index in [4.69, 9.17) is 9.47 Å². The molecular weight excluding hydrogens is 280 g/mol. The van der Waals surface area contributed by atoms with E-state index in [-0.39, 0.29) is 12.1 Å². The third-order valence-electron chi connectivity index (χ3n) is 3.86. The van der Waals surface area contributed by atoms with Gasteiger partial charge in [0.15, 0.2) is 0 Å². The van der Waals surface area contributed by atoms with Crippen molar-refractivity contribution in [3.8, 4) is 5.75 Å². The largest absolute Gasteiger partial charge is 0.459 e. The van der Waals surface area contributed by atoms with Crippen LogP contribution in [0.3, 0.4) is 0 Å². The number of ether oxygens (including phenoxy) is 2. The highest BCUT2D eigenvalue weighted by molar-refractivity contribution is 5.83. The van der Waals surface area contributed by atoms with Gasteiger partial charge in [0.05, 0.1) is 0 Å². The third-order valence-corrected chi connectivity index (χ3v) is 3.86. The van der Waals surface area contributed by atoms with Gasteiger partial charge < -0.3 is 9.47 Å². The highest BCUT2D eigenvalue weighted by Gasteiger charge is 2.24. The summed E-state index contributed by atoms with van der Waals surface area (Å²) in [5, 5.41) is 0. The van der Waals surface area contributed by atoms with Crippen LogP contribution in [0.4, 0.5) is 0 Å². The lowest BCUT2D eigenvalue weighted by Crippen LogP contribution is -2.23. The van der Waals surface area contributed by atoms with Gasteiger partial charge >= 0.3 is 11.9 Å². The monoisotopic (exact) mass is 300 g/mol. The van der Waals surface area contributed by atoms with E-state index in [1.165, 1.54) is 11.6 Å². The molecule has 0 heterocycles. The molecule has 2 rings (SSSR count). The van der Waals surface area contributed by atoms with Crippen molar-refractivity contribution in [2.75, 3.05) is 0 Å². The van der Waals surface area contributed by atoms with E-state index < -0.39 is 5.97 Å². The standard InChI is InChI=1S/C18H20O4/c1-3-17(19)21-15-9-5-13(6-10-15)14-7-11-16(12-8-14)22-18(20)4-2/h3-6,9-10,14,16H,1-2,7-8,11-12H2. The molecule has 0 radical (unpaired) electrons. The summed E-state index contributed by atoms with van der Waals surface area (Å²) < 4.78 is 10.3. The van der Waals surface area contributed by atoms with E-state index in [1.807, 2.05) is 12.1 Å². The minimum absolute atomic E-state index is 0.00503. The molecule has 0 amide bonds. The zero-order valence-corrected chi connectivity index (χ0v) is 12.5. The van der Waals surface area contributed by atoms with Crippen molar-refractivity contribution in [1.29, 1.82) is 0 Å². The van der Waals surface area contributed by atoms with E-state index >= 15 is 0 Å². The van der Waals surface area contributed by atoms with Crippen molar-refractivity contribution in [1.82, 2.24) is 0 Å². The van der Waals surface area contributed by atoms with Gasteiger partial charge in [0.2, 0.25) is 0 Å². The minimum atomic E-state index is -0.461. The predicted octanol–water partition coefficient (Wildman–Crippen LogP) is 3.53. The third kappa shape index (κ3) is 4.32. The van der Waals surface area contributed by atoms with Crippen LogP contribution in [0.1, 0.15) is 37.2 Å². The molecule has 1 fully saturated rings. The first-order chi connectivity index (χ1) is 10.6. The van der Waals surface area contributed by atoms with E-state index in [0.29, 0.717) is 11.7 Å². The van der Waals surface area contributed by atoms with Crippen LogP contribution in [0, 0.1) is 0 Å². The molecule has 4 heteroatoms. The van der Waals surface area contributed by atoms with Crippen molar-refractivity contribution in [2.24, 2.45) is 0 Å². The van der Waals surface area contributed by atoms with E-state index in [9.17, 15) is 9.59 Å². The van der Waals surface area contributed by atoms with Crippen molar-refractivity contribution in [2.45, 2.75) is 37.7 Å². The molecule has 22 heavy (non-hydrogen) atoms. The molecule has 0 saturated heterocycles. The lowest BCUT2D eigenvalue weighted by atomic mass is 9.83. The van der Waals surface area contributed by atoms with Gasteiger partial charge in [0.25, 0.3) is 0 Å². The Morgan fingerprint density at radius 3 is 2.09 bits per heavy atom. The van der Waals surface area contributed by atoms with Crippen LogP contribution in [0.2, 0.25) is 0 Å². The molecule has 0 N–H and O–H groups in total.